The predicted molar refractivity (Wildman–Crippen MR) is 129 cm³/mol. The molecule has 10 heteroatoms. The van der Waals surface area contributed by atoms with Crippen LogP contribution in [0, 0.1) is 11.6 Å². The van der Waals surface area contributed by atoms with E-state index in [2.05, 4.69) is 20.2 Å². The van der Waals surface area contributed by atoms with E-state index in [1.165, 1.54) is 28.8 Å². The summed E-state index contributed by atoms with van der Waals surface area (Å²) in [5.74, 6) is -0.135. The molecule has 0 aliphatic heterocycles. The van der Waals surface area contributed by atoms with Crippen molar-refractivity contribution >= 4 is 33.3 Å². The molecule has 0 amide bonds. The molecule has 6 nitrogen and oxygen atoms in total. The molecule has 0 saturated carbocycles. The van der Waals surface area contributed by atoms with Crippen LogP contribution in [0.25, 0.3) is 27.3 Å². The number of benzene rings is 2. The normalized spacial score (nSPS) is 13.0. The topological polar surface area (TPSA) is 76.5 Å². The lowest BCUT2D eigenvalue weighted by Gasteiger charge is -2.11. The standard InChI is InChI=1S/C24H17F2N5OS2/c25-14-9-10-17(16(26)11-14)31-21(13-5-2-1-3-6-13)29-30-24(31)33-12-19-27-22(32)20-15-7-4-8-18(15)34-23(20)28-19/h1-3,5-6,9-11H,4,7-8,12H2,(H,27,28,32). The highest BCUT2D eigenvalue weighted by atomic mass is 32.2. The number of H-pyrrole nitrogens is 1. The van der Waals surface area contributed by atoms with Gasteiger partial charge in [-0.05, 0) is 37.0 Å². The molecule has 0 radical (unpaired) electrons. The van der Waals surface area contributed by atoms with Crippen molar-refractivity contribution in [1.82, 2.24) is 24.7 Å². The number of hydrogen-bond donors (Lipinski definition) is 1. The zero-order valence-corrected chi connectivity index (χ0v) is 19.3. The summed E-state index contributed by atoms with van der Waals surface area (Å²) in [7, 11) is 0. The van der Waals surface area contributed by atoms with Gasteiger partial charge in [0, 0.05) is 16.5 Å². The summed E-state index contributed by atoms with van der Waals surface area (Å²) in [6, 6.07) is 12.7. The highest BCUT2D eigenvalue weighted by Gasteiger charge is 2.22. The van der Waals surface area contributed by atoms with Gasteiger partial charge in [0.2, 0.25) is 0 Å². The second kappa shape index (κ2) is 8.44. The van der Waals surface area contributed by atoms with Gasteiger partial charge in [0.15, 0.2) is 11.0 Å². The van der Waals surface area contributed by atoms with E-state index in [9.17, 15) is 13.6 Å². The molecule has 3 heterocycles. The van der Waals surface area contributed by atoms with E-state index in [-0.39, 0.29) is 11.2 Å². The third-order valence-corrected chi connectivity index (χ3v) is 7.90. The second-order valence-corrected chi connectivity index (χ2v) is 9.97. The number of thiophene rings is 1. The highest BCUT2D eigenvalue weighted by Crippen LogP contribution is 2.35. The fraction of sp³-hybridized carbons (Fsp3) is 0.167. The molecular weight excluding hydrogens is 476 g/mol. The number of rotatable bonds is 5. The molecule has 34 heavy (non-hydrogen) atoms. The van der Waals surface area contributed by atoms with Crippen LogP contribution in [0.4, 0.5) is 8.78 Å². The number of fused-ring (bicyclic) bond motifs is 3. The van der Waals surface area contributed by atoms with Gasteiger partial charge in [-0.1, -0.05) is 42.1 Å². The molecule has 2 aromatic carbocycles. The lowest BCUT2D eigenvalue weighted by molar-refractivity contribution is 0.575. The molecule has 0 spiro atoms. The minimum Gasteiger partial charge on any atom is -0.309 e. The van der Waals surface area contributed by atoms with Gasteiger partial charge in [0.1, 0.15) is 22.3 Å². The number of hydrogen-bond acceptors (Lipinski definition) is 6. The van der Waals surface area contributed by atoms with E-state index in [0.717, 1.165) is 41.3 Å². The van der Waals surface area contributed by atoms with Crippen LogP contribution in [0.2, 0.25) is 0 Å². The molecule has 0 atom stereocenters. The molecule has 1 aliphatic carbocycles. The minimum atomic E-state index is -0.722. The fourth-order valence-corrected chi connectivity index (χ4v) is 6.36. The first-order chi connectivity index (χ1) is 16.6. The first-order valence-electron chi connectivity index (χ1n) is 10.7. The maximum Gasteiger partial charge on any atom is 0.259 e. The number of aromatic nitrogens is 5. The van der Waals surface area contributed by atoms with Crippen LogP contribution in [-0.2, 0) is 18.6 Å². The molecule has 3 aromatic heterocycles. The van der Waals surface area contributed by atoms with Crippen LogP contribution in [0.1, 0.15) is 22.7 Å². The minimum absolute atomic E-state index is 0.129. The Morgan fingerprint density at radius 1 is 1.09 bits per heavy atom. The molecule has 0 bridgehead atoms. The summed E-state index contributed by atoms with van der Waals surface area (Å²) in [5, 5.41) is 9.66. The lowest BCUT2D eigenvalue weighted by Crippen LogP contribution is -2.11. The van der Waals surface area contributed by atoms with E-state index in [4.69, 9.17) is 0 Å². The first kappa shape index (κ1) is 21.2. The average Bonchev–Trinajstić information content (AvgIpc) is 3.53. The van der Waals surface area contributed by atoms with Gasteiger partial charge in [-0.3, -0.25) is 9.36 Å². The Morgan fingerprint density at radius 3 is 2.76 bits per heavy atom. The van der Waals surface area contributed by atoms with Crippen LogP contribution in [0.3, 0.4) is 0 Å². The van der Waals surface area contributed by atoms with Gasteiger partial charge in [0.25, 0.3) is 5.56 Å². The Balaban J connectivity index is 1.39. The second-order valence-electron chi connectivity index (χ2n) is 7.94. The summed E-state index contributed by atoms with van der Waals surface area (Å²) in [6.45, 7) is 0. The first-order valence-corrected chi connectivity index (χ1v) is 12.5. The van der Waals surface area contributed by atoms with Gasteiger partial charge >= 0.3 is 0 Å². The molecule has 170 valence electrons. The number of aromatic amines is 1. The van der Waals surface area contributed by atoms with Crippen molar-refractivity contribution in [3.8, 4) is 17.1 Å². The molecular formula is C24H17F2N5OS2. The van der Waals surface area contributed by atoms with Crippen LogP contribution in [-0.4, -0.2) is 24.7 Å². The van der Waals surface area contributed by atoms with Crippen LogP contribution < -0.4 is 5.56 Å². The van der Waals surface area contributed by atoms with E-state index in [0.29, 0.717) is 27.9 Å². The van der Waals surface area contributed by atoms with Crippen molar-refractivity contribution in [2.75, 3.05) is 0 Å². The van der Waals surface area contributed by atoms with Crippen LogP contribution in [0.15, 0.2) is 58.5 Å². The molecule has 0 fully saturated rings. The Hall–Kier alpha value is -3.37. The average molecular weight is 494 g/mol. The lowest BCUT2D eigenvalue weighted by atomic mass is 10.2. The predicted octanol–water partition coefficient (Wildman–Crippen LogP) is 5.29. The monoisotopic (exact) mass is 493 g/mol. The summed E-state index contributed by atoms with van der Waals surface area (Å²) in [4.78, 5) is 22.3. The van der Waals surface area contributed by atoms with Crippen LogP contribution in [0.5, 0.6) is 0 Å². The van der Waals surface area contributed by atoms with Crippen molar-refractivity contribution in [2.24, 2.45) is 0 Å². The van der Waals surface area contributed by atoms with Gasteiger partial charge < -0.3 is 4.98 Å². The van der Waals surface area contributed by atoms with Gasteiger partial charge in [-0.15, -0.1) is 21.5 Å². The Labute approximate surface area is 200 Å². The van der Waals surface area contributed by atoms with E-state index < -0.39 is 11.6 Å². The largest absolute Gasteiger partial charge is 0.309 e. The third-order valence-electron chi connectivity index (χ3n) is 5.78. The van der Waals surface area contributed by atoms with E-state index in [1.54, 1.807) is 15.9 Å². The van der Waals surface area contributed by atoms with E-state index in [1.807, 2.05) is 30.3 Å². The molecule has 5 aromatic rings. The zero-order valence-electron chi connectivity index (χ0n) is 17.7. The van der Waals surface area contributed by atoms with E-state index >= 15 is 0 Å². The molecule has 6 rings (SSSR count). The Morgan fingerprint density at radius 2 is 1.94 bits per heavy atom. The van der Waals surface area contributed by atoms with Crippen LogP contribution >= 0.6 is 23.1 Å². The van der Waals surface area contributed by atoms with Gasteiger partial charge in [0.05, 0.1) is 16.8 Å². The van der Waals surface area contributed by atoms with Crippen molar-refractivity contribution in [2.45, 2.75) is 30.2 Å². The van der Waals surface area contributed by atoms with Crippen molar-refractivity contribution in [1.29, 1.82) is 0 Å². The third kappa shape index (κ3) is 3.63. The van der Waals surface area contributed by atoms with Gasteiger partial charge in [-0.25, -0.2) is 13.8 Å². The van der Waals surface area contributed by atoms with Gasteiger partial charge in [-0.2, -0.15) is 0 Å². The summed E-state index contributed by atoms with van der Waals surface area (Å²) < 4.78 is 29.9. The molecule has 1 N–H and O–H groups in total. The maximum absolute atomic E-state index is 14.8. The van der Waals surface area contributed by atoms with Crippen molar-refractivity contribution in [3.63, 3.8) is 0 Å². The smallest absolute Gasteiger partial charge is 0.259 e. The Kier molecular flexibility index (Phi) is 5.26. The number of thioether (sulfide) groups is 1. The number of aryl methyl sites for hydroxylation is 2. The molecule has 1 aliphatic rings. The SMILES string of the molecule is O=c1[nH]c(CSc2nnc(-c3ccccc3)n2-c2ccc(F)cc2F)nc2sc3c(c12)CCC3. The highest BCUT2D eigenvalue weighted by molar-refractivity contribution is 7.98. The molecule has 0 saturated heterocycles. The summed E-state index contributed by atoms with van der Waals surface area (Å²) >= 11 is 2.85. The number of halogens is 2. The Bertz CT molecular complexity index is 1590. The number of nitrogens with zero attached hydrogens (tertiary/aromatic N) is 4. The van der Waals surface area contributed by atoms with Crippen molar-refractivity contribution in [3.05, 3.63) is 86.8 Å². The summed E-state index contributed by atoms with van der Waals surface area (Å²) in [5.41, 5.74) is 1.88. The quantitative estimate of drug-likeness (QED) is 0.337. The fourth-order valence-electron chi connectivity index (χ4n) is 4.27. The molecule has 0 unspecified atom stereocenters. The maximum atomic E-state index is 14.8. The number of nitrogens with one attached hydrogen (secondary N) is 1. The zero-order chi connectivity index (χ0) is 23.2. The summed E-state index contributed by atoms with van der Waals surface area (Å²) in [6.07, 6.45) is 2.99. The van der Waals surface area contributed by atoms with Crippen molar-refractivity contribution < 1.29 is 8.78 Å².